The maximum absolute atomic E-state index is 14.2. The standard InChI is InChI=1S/C33H32O17/c1-13-28(46-17(5)37)31(47-18(6)38)32(48-19(7)39)33(42-13)50-30-27(41)26-22(40)11-21(43-14(2)34)12-25(26)49-29(30)20-8-9-23(44-15(3)35)24(10-20)45-16(4)36/h8-13,28,31-33,40H,1-7H3. The second-order valence-electron chi connectivity index (χ2n) is 10.9. The minimum atomic E-state index is -1.75. The van der Waals surface area contributed by atoms with E-state index in [0.29, 0.717) is 0 Å². The molecule has 3 aromatic rings. The number of carbonyl (C=O) groups is 6. The second kappa shape index (κ2) is 15.1. The van der Waals surface area contributed by atoms with Crippen LogP contribution in [0.3, 0.4) is 0 Å². The molecule has 17 heteroatoms. The van der Waals surface area contributed by atoms with E-state index in [4.69, 9.17) is 42.3 Å². The van der Waals surface area contributed by atoms with Gasteiger partial charge in [-0.15, -0.1) is 0 Å². The van der Waals surface area contributed by atoms with Gasteiger partial charge in [0.15, 0.2) is 29.5 Å². The lowest BCUT2D eigenvalue weighted by Crippen LogP contribution is -2.62. The van der Waals surface area contributed by atoms with Crippen LogP contribution >= 0.6 is 0 Å². The number of hydrogen-bond acceptors (Lipinski definition) is 17. The molecule has 1 aromatic heterocycles. The number of esters is 6. The zero-order chi connectivity index (χ0) is 37.0. The predicted molar refractivity (Wildman–Crippen MR) is 165 cm³/mol. The van der Waals surface area contributed by atoms with E-state index >= 15 is 0 Å². The number of aromatic hydroxyl groups is 1. The fourth-order valence-electron chi connectivity index (χ4n) is 5.08. The van der Waals surface area contributed by atoms with Crippen molar-refractivity contribution in [2.45, 2.75) is 79.2 Å². The molecule has 1 N–H and O–H groups in total. The molecule has 0 saturated carbocycles. The molecular formula is C33H32O17. The summed E-state index contributed by atoms with van der Waals surface area (Å²) in [7, 11) is 0. The van der Waals surface area contributed by atoms with Crippen molar-refractivity contribution in [3.8, 4) is 40.1 Å². The molecule has 5 atom stereocenters. The summed E-state index contributed by atoms with van der Waals surface area (Å²) < 4.78 is 49.6. The predicted octanol–water partition coefficient (Wildman–Crippen LogP) is 2.86. The van der Waals surface area contributed by atoms with Crippen LogP contribution in [-0.4, -0.2) is 71.6 Å². The number of ether oxygens (including phenoxy) is 8. The monoisotopic (exact) mass is 700 g/mol. The number of fused-ring (bicyclic) bond motifs is 1. The largest absolute Gasteiger partial charge is 0.507 e. The van der Waals surface area contributed by atoms with Crippen LogP contribution in [0.1, 0.15) is 48.5 Å². The fraction of sp³-hybridized carbons (Fsp3) is 0.364. The normalized spacial score (nSPS) is 19.9. The van der Waals surface area contributed by atoms with Crippen LogP contribution in [0.15, 0.2) is 39.5 Å². The summed E-state index contributed by atoms with van der Waals surface area (Å²) in [6.45, 7) is 7.96. The number of phenols is 1. The third-order valence-electron chi connectivity index (χ3n) is 6.75. The van der Waals surface area contributed by atoms with Crippen molar-refractivity contribution in [3.63, 3.8) is 0 Å². The summed E-state index contributed by atoms with van der Waals surface area (Å²) in [5.41, 5.74) is -1.34. The van der Waals surface area contributed by atoms with Gasteiger partial charge >= 0.3 is 35.8 Å². The van der Waals surface area contributed by atoms with E-state index in [1.54, 1.807) is 0 Å². The van der Waals surface area contributed by atoms with Gasteiger partial charge in [-0.1, -0.05) is 0 Å². The van der Waals surface area contributed by atoms with Gasteiger partial charge in [0, 0.05) is 59.2 Å². The Hall–Kier alpha value is -5.97. The molecule has 50 heavy (non-hydrogen) atoms. The van der Waals surface area contributed by atoms with E-state index in [0.717, 1.165) is 53.7 Å². The van der Waals surface area contributed by atoms with E-state index in [9.17, 15) is 38.7 Å². The highest BCUT2D eigenvalue weighted by atomic mass is 16.7. The number of benzene rings is 2. The third kappa shape index (κ3) is 8.54. The van der Waals surface area contributed by atoms with Crippen LogP contribution in [-0.2, 0) is 47.7 Å². The summed E-state index contributed by atoms with van der Waals surface area (Å²) in [5, 5.41) is 10.4. The summed E-state index contributed by atoms with van der Waals surface area (Å²) in [5.74, 6) is -7.15. The molecule has 1 saturated heterocycles. The third-order valence-corrected chi connectivity index (χ3v) is 6.75. The Morgan fingerprint density at radius 2 is 1.24 bits per heavy atom. The lowest BCUT2D eigenvalue weighted by atomic mass is 9.98. The van der Waals surface area contributed by atoms with Gasteiger partial charge in [-0.25, -0.2) is 0 Å². The number of phenolic OH excluding ortho intramolecular Hbond substituents is 1. The Labute approximate surface area is 282 Å². The smallest absolute Gasteiger partial charge is 0.308 e. The Kier molecular flexibility index (Phi) is 11.1. The minimum absolute atomic E-state index is 0.0225. The van der Waals surface area contributed by atoms with Gasteiger partial charge in [0.25, 0.3) is 0 Å². The number of carbonyl (C=O) groups excluding carboxylic acids is 6. The molecule has 2 aromatic carbocycles. The van der Waals surface area contributed by atoms with Crippen LogP contribution in [0, 0.1) is 0 Å². The van der Waals surface area contributed by atoms with Gasteiger partial charge in [-0.05, 0) is 25.1 Å². The first-order valence-corrected chi connectivity index (χ1v) is 14.8. The highest BCUT2D eigenvalue weighted by Crippen LogP contribution is 2.41. The van der Waals surface area contributed by atoms with Crippen LogP contribution in [0.4, 0.5) is 0 Å². The molecule has 1 fully saturated rings. The molecule has 0 bridgehead atoms. The molecule has 0 amide bonds. The summed E-state index contributed by atoms with van der Waals surface area (Å²) in [4.78, 5) is 85.8. The highest BCUT2D eigenvalue weighted by Gasteiger charge is 2.52. The summed E-state index contributed by atoms with van der Waals surface area (Å²) in [6, 6.07) is 5.85. The lowest BCUT2D eigenvalue weighted by Gasteiger charge is -2.43. The average molecular weight is 701 g/mol. The molecule has 0 radical (unpaired) electrons. The first-order chi connectivity index (χ1) is 23.4. The van der Waals surface area contributed by atoms with Crippen LogP contribution in [0.2, 0.25) is 0 Å². The van der Waals surface area contributed by atoms with E-state index in [1.165, 1.54) is 25.1 Å². The van der Waals surface area contributed by atoms with Gasteiger partial charge in [-0.3, -0.25) is 33.6 Å². The van der Waals surface area contributed by atoms with E-state index in [2.05, 4.69) is 0 Å². The first-order valence-electron chi connectivity index (χ1n) is 14.8. The maximum atomic E-state index is 14.2. The van der Waals surface area contributed by atoms with Gasteiger partial charge in [-0.2, -0.15) is 0 Å². The van der Waals surface area contributed by atoms with Gasteiger partial charge in [0.2, 0.25) is 23.6 Å². The topological polar surface area (TPSA) is 227 Å². The van der Waals surface area contributed by atoms with Crippen molar-refractivity contribution >= 4 is 46.8 Å². The van der Waals surface area contributed by atoms with Gasteiger partial charge in [0.1, 0.15) is 22.5 Å². The van der Waals surface area contributed by atoms with E-state index in [1.807, 2.05) is 0 Å². The summed E-state index contributed by atoms with van der Waals surface area (Å²) in [6.07, 6.45) is -7.28. The SMILES string of the molecule is CC(=O)Oc1cc(O)c2c(=O)c(OC3OC(C)C(OC(C)=O)C(OC(C)=O)C3OC(C)=O)c(-c3ccc(OC(C)=O)c(OC(C)=O)c3)oc2c1. The van der Waals surface area contributed by atoms with Crippen molar-refractivity contribution in [1.82, 2.24) is 0 Å². The maximum Gasteiger partial charge on any atom is 0.308 e. The summed E-state index contributed by atoms with van der Waals surface area (Å²) >= 11 is 0. The Morgan fingerprint density at radius 3 is 1.82 bits per heavy atom. The van der Waals surface area contributed by atoms with Crippen molar-refractivity contribution in [2.24, 2.45) is 0 Å². The number of hydrogen-bond donors (Lipinski definition) is 1. The van der Waals surface area contributed by atoms with Crippen LogP contribution in [0.25, 0.3) is 22.3 Å². The molecule has 1 aliphatic heterocycles. The molecule has 0 spiro atoms. The molecule has 0 aliphatic carbocycles. The zero-order valence-corrected chi connectivity index (χ0v) is 27.8. The molecule has 5 unspecified atom stereocenters. The second-order valence-corrected chi connectivity index (χ2v) is 10.9. The molecule has 266 valence electrons. The molecule has 2 heterocycles. The minimum Gasteiger partial charge on any atom is -0.507 e. The van der Waals surface area contributed by atoms with Crippen molar-refractivity contribution in [3.05, 3.63) is 40.6 Å². The van der Waals surface area contributed by atoms with Crippen LogP contribution < -0.4 is 24.4 Å². The van der Waals surface area contributed by atoms with Crippen molar-refractivity contribution < 1.29 is 76.2 Å². The van der Waals surface area contributed by atoms with Gasteiger partial charge in [0.05, 0.1) is 6.10 Å². The highest BCUT2D eigenvalue weighted by molar-refractivity contribution is 5.89. The number of rotatable bonds is 9. The fourth-order valence-corrected chi connectivity index (χ4v) is 5.08. The molecule has 17 nitrogen and oxygen atoms in total. The Balaban J connectivity index is 1.98. The lowest BCUT2D eigenvalue weighted by molar-refractivity contribution is -0.280. The van der Waals surface area contributed by atoms with Crippen molar-refractivity contribution in [2.75, 3.05) is 0 Å². The quantitative estimate of drug-likeness (QED) is 0.192. The average Bonchev–Trinajstić information content (AvgIpc) is 2.97. The first kappa shape index (κ1) is 36.9. The molecule has 1 aliphatic rings. The molecule has 4 rings (SSSR count). The van der Waals surface area contributed by atoms with Gasteiger partial charge < -0.3 is 47.4 Å². The Bertz CT molecular complexity index is 1930. The zero-order valence-electron chi connectivity index (χ0n) is 27.8. The van der Waals surface area contributed by atoms with Crippen molar-refractivity contribution in [1.29, 1.82) is 0 Å². The Morgan fingerprint density at radius 1 is 0.680 bits per heavy atom. The van der Waals surface area contributed by atoms with E-state index < -0.39 is 94.6 Å². The van der Waals surface area contributed by atoms with E-state index in [-0.39, 0.29) is 28.4 Å². The van der Waals surface area contributed by atoms with Crippen LogP contribution in [0.5, 0.6) is 28.7 Å². The molecular weight excluding hydrogens is 668 g/mol.